The molecule has 0 atom stereocenters. The Kier molecular flexibility index (Phi) is 3.73. The summed E-state index contributed by atoms with van der Waals surface area (Å²) in [6.07, 6.45) is 0.263. The van der Waals surface area contributed by atoms with E-state index in [1.165, 1.54) is 0 Å². The van der Waals surface area contributed by atoms with E-state index in [-0.39, 0.29) is 5.43 Å². The monoisotopic (exact) mass is 304 g/mol. The van der Waals surface area contributed by atoms with Crippen molar-refractivity contribution in [2.75, 3.05) is 13.2 Å². The molecular formula is C16H20O4Si. The van der Waals surface area contributed by atoms with Crippen LogP contribution in [0.3, 0.4) is 0 Å². The minimum atomic E-state index is -1.84. The molecule has 0 unspecified atom stereocenters. The lowest BCUT2D eigenvalue weighted by Crippen LogP contribution is -2.45. The van der Waals surface area contributed by atoms with Crippen LogP contribution in [0.15, 0.2) is 33.5 Å². The van der Waals surface area contributed by atoms with Crippen LogP contribution in [0.4, 0.5) is 0 Å². The van der Waals surface area contributed by atoms with Gasteiger partial charge in [-0.15, -0.1) is 0 Å². The third-order valence-corrected chi connectivity index (χ3v) is 5.31. The van der Waals surface area contributed by atoms with Crippen LogP contribution in [0.25, 0.3) is 11.0 Å². The Morgan fingerprint density at radius 1 is 1.10 bits per heavy atom. The average molecular weight is 304 g/mol. The lowest BCUT2D eigenvalue weighted by atomic mass is 10.1. The highest BCUT2D eigenvalue weighted by Crippen LogP contribution is 2.23. The smallest absolute Gasteiger partial charge is 0.200 e. The Hall–Kier alpha value is -1.43. The molecule has 0 saturated carbocycles. The molecule has 1 aromatic heterocycles. The normalized spacial score (nSPS) is 17.3. The van der Waals surface area contributed by atoms with Crippen LogP contribution >= 0.6 is 0 Å². The Morgan fingerprint density at radius 2 is 1.76 bits per heavy atom. The van der Waals surface area contributed by atoms with Crippen molar-refractivity contribution in [3.05, 3.63) is 40.1 Å². The van der Waals surface area contributed by atoms with E-state index in [1.54, 1.807) is 6.07 Å². The number of hydrogen-bond acceptors (Lipinski definition) is 4. The van der Waals surface area contributed by atoms with Crippen LogP contribution in [-0.2, 0) is 9.47 Å². The Labute approximate surface area is 124 Å². The summed E-state index contributed by atoms with van der Waals surface area (Å²) in [6, 6.07) is 7.36. The molecule has 1 fully saturated rings. The van der Waals surface area contributed by atoms with Crippen LogP contribution in [0.1, 0.15) is 18.3 Å². The molecule has 0 radical (unpaired) electrons. The molecule has 2 aromatic rings. The zero-order valence-electron chi connectivity index (χ0n) is 12.6. The molecule has 0 bridgehead atoms. The summed E-state index contributed by atoms with van der Waals surface area (Å²) >= 11 is 0. The highest BCUT2D eigenvalue weighted by atomic mass is 28.3. The first-order chi connectivity index (χ1) is 9.98. The number of ether oxygens (including phenoxy) is 2. The zero-order chi connectivity index (χ0) is 15.0. The predicted molar refractivity (Wildman–Crippen MR) is 84.7 cm³/mol. The van der Waals surface area contributed by atoms with Gasteiger partial charge in [-0.1, -0.05) is 31.8 Å². The molecule has 3 rings (SSSR count). The molecule has 1 aromatic carbocycles. The fourth-order valence-electron chi connectivity index (χ4n) is 2.58. The minimum absolute atomic E-state index is 0.0267. The maximum absolute atomic E-state index is 12.9. The molecule has 0 spiro atoms. The van der Waals surface area contributed by atoms with Gasteiger partial charge in [0.05, 0.1) is 29.5 Å². The molecule has 0 amide bonds. The van der Waals surface area contributed by atoms with Crippen LogP contribution in [0.5, 0.6) is 0 Å². The van der Waals surface area contributed by atoms with Gasteiger partial charge in [-0.2, -0.15) is 0 Å². The first kappa shape index (κ1) is 14.5. The molecule has 0 N–H and O–H groups in total. The van der Waals surface area contributed by atoms with Gasteiger partial charge in [-0.25, -0.2) is 0 Å². The van der Waals surface area contributed by atoms with Crippen molar-refractivity contribution in [1.29, 1.82) is 0 Å². The molecule has 112 valence electrons. The topological polar surface area (TPSA) is 48.7 Å². The number of rotatable bonds is 2. The predicted octanol–water partition coefficient (Wildman–Crippen LogP) is 2.77. The van der Waals surface area contributed by atoms with Gasteiger partial charge in [0.1, 0.15) is 13.7 Å². The third-order valence-electron chi connectivity index (χ3n) is 3.58. The second kappa shape index (κ2) is 5.40. The van der Waals surface area contributed by atoms with Crippen LogP contribution < -0.4 is 10.8 Å². The highest BCUT2D eigenvalue weighted by Gasteiger charge is 2.32. The highest BCUT2D eigenvalue weighted by molar-refractivity contribution is 6.88. The fourth-order valence-corrected chi connectivity index (χ4v) is 4.04. The minimum Gasteiger partial charge on any atom is -0.465 e. The van der Waals surface area contributed by atoms with E-state index in [9.17, 15) is 4.79 Å². The number of benzene rings is 1. The third kappa shape index (κ3) is 2.68. The van der Waals surface area contributed by atoms with E-state index in [1.807, 2.05) is 18.2 Å². The first-order valence-corrected chi connectivity index (χ1v) is 10.8. The van der Waals surface area contributed by atoms with Crippen molar-refractivity contribution in [2.45, 2.75) is 32.4 Å². The Morgan fingerprint density at radius 3 is 2.43 bits per heavy atom. The number of para-hydroxylation sites is 1. The van der Waals surface area contributed by atoms with E-state index >= 15 is 0 Å². The number of fused-ring (bicyclic) bond motifs is 1. The molecule has 2 heterocycles. The van der Waals surface area contributed by atoms with Crippen LogP contribution in [0.2, 0.25) is 19.6 Å². The van der Waals surface area contributed by atoms with E-state index in [0.29, 0.717) is 29.7 Å². The van der Waals surface area contributed by atoms with E-state index < -0.39 is 14.4 Å². The maximum atomic E-state index is 12.9. The summed E-state index contributed by atoms with van der Waals surface area (Å²) in [5.74, 6) is 0. The summed E-state index contributed by atoms with van der Waals surface area (Å²) in [4.78, 5) is 12.9. The SMILES string of the molecule is C[Si](C)(C)c1oc2ccccc2c(=O)c1C1OCCCO1. The fraction of sp³-hybridized carbons (Fsp3) is 0.438. The van der Waals surface area contributed by atoms with Crippen LogP contribution in [-0.4, -0.2) is 21.3 Å². The molecule has 1 aliphatic heterocycles. The summed E-state index contributed by atoms with van der Waals surface area (Å²) in [5, 5.41) is 1.37. The maximum Gasteiger partial charge on any atom is 0.200 e. The van der Waals surface area contributed by atoms with E-state index in [4.69, 9.17) is 13.9 Å². The Balaban J connectivity index is 2.28. The van der Waals surface area contributed by atoms with Gasteiger partial charge in [0.15, 0.2) is 6.29 Å². The molecule has 5 heteroatoms. The van der Waals surface area contributed by atoms with E-state index in [2.05, 4.69) is 19.6 Å². The molecule has 4 nitrogen and oxygen atoms in total. The summed E-state index contributed by atoms with van der Waals surface area (Å²) in [6.45, 7) is 7.70. The molecular weight excluding hydrogens is 284 g/mol. The van der Waals surface area contributed by atoms with Crippen molar-refractivity contribution < 1.29 is 13.9 Å². The van der Waals surface area contributed by atoms with Gasteiger partial charge >= 0.3 is 0 Å². The summed E-state index contributed by atoms with van der Waals surface area (Å²) < 4.78 is 17.4. The molecule has 1 aliphatic rings. The average Bonchev–Trinajstić information content (AvgIpc) is 2.47. The molecule has 0 aliphatic carbocycles. The lowest BCUT2D eigenvalue weighted by molar-refractivity contribution is -0.183. The molecule has 21 heavy (non-hydrogen) atoms. The standard InChI is InChI=1S/C16H20O4Si/c1-21(2,3)16-13(15-18-9-6-10-19-15)14(17)11-7-4-5-8-12(11)20-16/h4-5,7-8,15H,6,9-10H2,1-3H3. The summed E-state index contributed by atoms with van der Waals surface area (Å²) in [5.41, 5.74) is 1.17. The zero-order valence-corrected chi connectivity index (χ0v) is 13.6. The largest absolute Gasteiger partial charge is 0.465 e. The second-order valence-electron chi connectivity index (χ2n) is 6.35. The lowest BCUT2D eigenvalue weighted by Gasteiger charge is -2.27. The first-order valence-electron chi connectivity index (χ1n) is 7.28. The van der Waals surface area contributed by atoms with Gasteiger partial charge in [-0.05, 0) is 18.6 Å². The van der Waals surface area contributed by atoms with Gasteiger partial charge in [0.25, 0.3) is 0 Å². The second-order valence-corrected chi connectivity index (χ2v) is 11.3. The number of hydrogen-bond donors (Lipinski definition) is 0. The van der Waals surface area contributed by atoms with Gasteiger partial charge in [0, 0.05) is 0 Å². The van der Waals surface area contributed by atoms with Crippen molar-refractivity contribution >= 4 is 24.4 Å². The van der Waals surface area contributed by atoms with Crippen molar-refractivity contribution in [3.8, 4) is 0 Å². The van der Waals surface area contributed by atoms with Crippen LogP contribution in [0, 0.1) is 0 Å². The van der Waals surface area contributed by atoms with Gasteiger partial charge < -0.3 is 13.9 Å². The van der Waals surface area contributed by atoms with Gasteiger partial charge in [-0.3, -0.25) is 4.79 Å². The van der Waals surface area contributed by atoms with E-state index in [0.717, 1.165) is 11.8 Å². The quantitative estimate of drug-likeness (QED) is 0.801. The van der Waals surface area contributed by atoms with Crippen molar-refractivity contribution in [1.82, 2.24) is 0 Å². The van der Waals surface area contributed by atoms with Gasteiger partial charge in [0.2, 0.25) is 5.43 Å². The Bertz CT molecular complexity index is 708. The molecule has 1 saturated heterocycles. The van der Waals surface area contributed by atoms with Crippen molar-refractivity contribution in [2.24, 2.45) is 0 Å². The van der Waals surface area contributed by atoms with Crippen molar-refractivity contribution in [3.63, 3.8) is 0 Å². The summed E-state index contributed by atoms with van der Waals surface area (Å²) in [7, 11) is -1.84.